The fourth-order valence-electron chi connectivity index (χ4n) is 4.88. The Bertz CT molecular complexity index is 1530. The van der Waals surface area contributed by atoms with Gasteiger partial charge in [-0.05, 0) is 58.0 Å². The lowest BCUT2D eigenvalue weighted by Crippen LogP contribution is -2.10. The van der Waals surface area contributed by atoms with E-state index in [4.69, 9.17) is 0 Å². The fourth-order valence-corrected chi connectivity index (χ4v) is 4.88. The van der Waals surface area contributed by atoms with Gasteiger partial charge in [-0.25, -0.2) is 0 Å². The van der Waals surface area contributed by atoms with E-state index in [1.807, 2.05) is 0 Å². The summed E-state index contributed by atoms with van der Waals surface area (Å²) < 4.78 is 0. The van der Waals surface area contributed by atoms with Crippen LogP contribution in [0.5, 0.6) is 0 Å². The first-order valence-corrected chi connectivity index (χ1v) is 12.0. The maximum absolute atomic E-state index is 2.34. The van der Waals surface area contributed by atoms with Crippen LogP contribution >= 0.6 is 0 Å². The molecule has 6 aromatic carbocycles. The number of benzene rings is 6. The second-order valence-electron chi connectivity index (χ2n) is 8.60. The molecule has 0 aliphatic heterocycles. The van der Waals surface area contributed by atoms with Crippen LogP contribution in [-0.2, 0) is 0 Å². The summed E-state index contributed by atoms with van der Waals surface area (Å²) in [6.45, 7) is 0. The van der Waals surface area contributed by atoms with Crippen molar-refractivity contribution in [2.45, 2.75) is 0 Å². The fraction of sp³-hybridized carbons (Fsp3) is 0. The minimum absolute atomic E-state index is 1.14. The molecule has 0 radical (unpaired) electrons. The Morgan fingerprint density at radius 1 is 0.314 bits per heavy atom. The molecule has 0 N–H and O–H groups in total. The summed E-state index contributed by atoms with van der Waals surface area (Å²) in [5.74, 6) is 0. The molecule has 0 atom stereocenters. The summed E-state index contributed by atoms with van der Waals surface area (Å²) >= 11 is 0. The lowest BCUT2D eigenvalue weighted by molar-refractivity contribution is 1.30. The Kier molecular flexibility index (Phi) is 5.58. The zero-order valence-corrected chi connectivity index (χ0v) is 19.4. The molecule has 6 aromatic rings. The van der Waals surface area contributed by atoms with Crippen LogP contribution in [0, 0.1) is 0 Å². The molecule has 0 aliphatic carbocycles. The highest BCUT2D eigenvalue weighted by atomic mass is 15.1. The van der Waals surface area contributed by atoms with Crippen molar-refractivity contribution in [3.63, 3.8) is 0 Å². The molecule has 0 aliphatic rings. The first kappa shape index (κ1) is 20.9. The van der Waals surface area contributed by atoms with Crippen molar-refractivity contribution in [2.75, 3.05) is 4.90 Å². The van der Waals surface area contributed by atoms with Crippen molar-refractivity contribution in [2.24, 2.45) is 0 Å². The van der Waals surface area contributed by atoms with Gasteiger partial charge >= 0.3 is 0 Å². The van der Waals surface area contributed by atoms with E-state index >= 15 is 0 Å². The molecule has 0 bridgehead atoms. The smallest absolute Gasteiger partial charge is 0.0540 e. The molecule has 0 saturated carbocycles. The van der Waals surface area contributed by atoms with Gasteiger partial charge in [0.25, 0.3) is 0 Å². The van der Waals surface area contributed by atoms with Gasteiger partial charge in [-0.3, -0.25) is 0 Å². The van der Waals surface area contributed by atoms with Crippen molar-refractivity contribution in [3.05, 3.63) is 152 Å². The number of nitrogens with zero attached hydrogens (tertiary/aromatic N) is 1. The Balaban J connectivity index is 1.59. The Morgan fingerprint density at radius 3 is 1.43 bits per heavy atom. The van der Waals surface area contributed by atoms with Gasteiger partial charge in [0.05, 0.1) is 5.69 Å². The number of hydrogen-bond acceptors (Lipinski definition) is 1. The zero-order chi connectivity index (χ0) is 23.5. The van der Waals surface area contributed by atoms with Crippen molar-refractivity contribution in [1.29, 1.82) is 0 Å². The SMILES string of the molecule is c1ccc(-c2ccccc2-c2ccc(N(c3ccccc3)c3ccccc3)c3ccccc23)cc1. The monoisotopic (exact) mass is 447 g/mol. The lowest BCUT2D eigenvalue weighted by atomic mass is 9.90. The second kappa shape index (κ2) is 9.32. The van der Waals surface area contributed by atoms with E-state index in [2.05, 4.69) is 157 Å². The summed E-state index contributed by atoms with van der Waals surface area (Å²) in [5.41, 5.74) is 8.40. The molecular weight excluding hydrogens is 422 g/mol. The van der Waals surface area contributed by atoms with E-state index in [-0.39, 0.29) is 0 Å². The molecule has 0 fully saturated rings. The third-order valence-corrected chi connectivity index (χ3v) is 6.47. The molecule has 1 nitrogen and oxygen atoms in total. The van der Waals surface area contributed by atoms with E-state index < -0.39 is 0 Å². The molecule has 0 aromatic heterocycles. The van der Waals surface area contributed by atoms with Gasteiger partial charge in [0.15, 0.2) is 0 Å². The van der Waals surface area contributed by atoms with E-state index in [9.17, 15) is 0 Å². The van der Waals surface area contributed by atoms with Crippen LogP contribution in [0.15, 0.2) is 152 Å². The van der Waals surface area contributed by atoms with Gasteiger partial charge in [0, 0.05) is 16.8 Å². The average Bonchev–Trinajstić information content (AvgIpc) is 2.95. The van der Waals surface area contributed by atoms with Gasteiger partial charge in [0.2, 0.25) is 0 Å². The topological polar surface area (TPSA) is 3.24 Å². The zero-order valence-electron chi connectivity index (χ0n) is 19.4. The van der Waals surface area contributed by atoms with Crippen molar-refractivity contribution >= 4 is 27.8 Å². The molecule has 1 heteroatoms. The Labute approximate surface area is 206 Å². The molecule has 0 unspecified atom stereocenters. The van der Waals surface area contributed by atoms with Gasteiger partial charge in [-0.15, -0.1) is 0 Å². The van der Waals surface area contributed by atoms with E-state index in [0.717, 1.165) is 11.4 Å². The Morgan fingerprint density at radius 2 is 0.800 bits per heavy atom. The second-order valence-corrected chi connectivity index (χ2v) is 8.60. The van der Waals surface area contributed by atoms with Crippen LogP contribution in [0.1, 0.15) is 0 Å². The molecule has 0 saturated heterocycles. The molecule has 0 heterocycles. The largest absolute Gasteiger partial charge is 0.310 e. The molecular formula is C34H25N. The van der Waals surface area contributed by atoms with E-state index in [1.165, 1.54) is 38.7 Å². The highest BCUT2D eigenvalue weighted by molar-refractivity contribution is 6.07. The van der Waals surface area contributed by atoms with Crippen LogP contribution in [0.3, 0.4) is 0 Å². The molecule has 0 spiro atoms. The molecule has 0 amide bonds. The molecule has 166 valence electrons. The highest BCUT2D eigenvalue weighted by Crippen LogP contribution is 2.43. The third-order valence-electron chi connectivity index (χ3n) is 6.47. The van der Waals surface area contributed by atoms with E-state index in [1.54, 1.807) is 0 Å². The number of anilines is 3. The standard InChI is InChI=1S/C34H25N/c1-4-14-26(15-5-1)29-20-10-11-21-30(29)32-24-25-34(33-23-13-12-22-31(32)33)35(27-16-6-2-7-17-27)28-18-8-3-9-19-28/h1-25H. The van der Waals surface area contributed by atoms with Crippen molar-refractivity contribution in [1.82, 2.24) is 0 Å². The number of hydrogen-bond donors (Lipinski definition) is 0. The van der Waals surface area contributed by atoms with Crippen LogP contribution in [0.4, 0.5) is 17.1 Å². The third kappa shape index (κ3) is 3.98. The summed E-state index contributed by atoms with van der Waals surface area (Å²) in [7, 11) is 0. The normalized spacial score (nSPS) is 10.9. The number of fused-ring (bicyclic) bond motifs is 1. The van der Waals surface area contributed by atoms with Crippen LogP contribution in [0.2, 0.25) is 0 Å². The summed E-state index contributed by atoms with van der Waals surface area (Å²) in [6, 6.07) is 53.8. The predicted molar refractivity (Wildman–Crippen MR) is 150 cm³/mol. The van der Waals surface area contributed by atoms with Gasteiger partial charge in [-0.1, -0.05) is 121 Å². The van der Waals surface area contributed by atoms with Gasteiger partial charge in [0.1, 0.15) is 0 Å². The van der Waals surface area contributed by atoms with Gasteiger partial charge < -0.3 is 4.90 Å². The van der Waals surface area contributed by atoms with E-state index in [0.29, 0.717) is 0 Å². The Hall–Kier alpha value is -4.62. The minimum atomic E-state index is 1.14. The summed E-state index contributed by atoms with van der Waals surface area (Å²) in [5, 5.41) is 2.46. The predicted octanol–water partition coefficient (Wildman–Crippen LogP) is 9.64. The summed E-state index contributed by atoms with van der Waals surface area (Å²) in [6.07, 6.45) is 0. The average molecular weight is 448 g/mol. The maximum Gasteiger partial charge on any atom is 0.0540 e. The maximum atomic E-state index is 2.34. The minimum Gasteiger partial charge on any atom is -0.310 e. The highest BCUT2D eigenvalue weighted by Gasteiger charge is 2.17. The summed E-state index contributed by atoms with van der Waals surface area (Å²) in [4.78, 5) is 2.34. The molecule has 6 rings (SSSR count). The first-order chi connectivity index (χ1) is 17.4. The lowest BCUT2D eigenvalue weighted by Gasteiger charge is -2.27. The van der Waals surface area contributed by atoms with Crippen LogP contribution < -0.4 is 4.90 Å². The first-order valence-electron chi connectivity index (χ1n) is 12.0. The molecule has 35 heavy (non-hydrogen) atoms. The number of para-hydroxylation sites is 2. The van der Waals surface area contributed by atoms with Crippen LogP contribution in [0.25, 0.3) is 33.0 Å². The quantitative estimate of drug-likeness (QED) is 0.254. The van der Waals surface area contributed by atoms with Crippen molar-refractivity contribution in [3.8, 4) is 22.3 Å². The van der Waals surface area contributed by atoms with Crippen LogP contribution in [-0.4, -0.2) is 0 Å². The number of rotatable bonds is 5. The van der Waals surface area contributed by atoms with Crippen molar-refractivity contribution < 1.29 is 0 Å². The van der Waals surface area contributed by atoms with Gasteiger partial charge in [-0.2, -0.15) is 0 Å².